The number of nitrogens with two attached hydrogens (primary N) is 1. The van der Waals surface area contributed by atoms with Gasteiger partial charge in [0, 0.05) is 9.79 Å². The lowest BCUT2D eigenvalue weighted by atomic mass is 10.1. The maximum Gasteiger partial charge on any atom is 0.137 e. The number of benzene rings is 2. The van der Waals surface area contributed by atoms with E-state index in [1.807, 2.05) is 12.1 Å². The van der Waals surface area contributed by atoms with Crippen molar-refractivity contribution in [2.24, 2.45) is 5.73 Å². The summed E-state index contributed by atoms with van der Waals surface area (Å²) in [5.74, 6) is -0.175. The Morgan fingerprint density at radius 1 is 1.17 bits per heavy atom. The Labute approximate surface area is 111 Å². The summed E-state index contributed by atoms with van der Waals surface area (Å²) in [6.45, 7) is 2.72. The highest BCUT2D eigenvalue weighted by atomic mass is 32.2. The van der Waals surface area contributed by atoms with Crippen LogP contribution in [0.4, 0.5) is 4.39 Å². The van der Waals surface area contributed by atoms with Crippen molar-refractivity contribution >= 4 is 11.8 Å². The second kappa shape index (κ2) is 6.03. The van der Waals surface area contributed by atoms with E-state index in [9.17, 15) is 4.39 Å². The van der Waals surface area contributed by atoms with Crippen LogP contribution in [0.3, 0.4) is 0 Å². The van der Waals surface area contributed by atoms with E-state index in [1.165, 1.54) is 29.0 Å². The summed E-state index contributed by atoms with van der Waals surface area (Å²) in [5.41, 5.74) is 8.03. The Kier molecular flexibility index (Phi) is 4.39. The van der Waals surface area contributed by atoms with Gasteiger partial charge in [0.1, 0.15) is 5.82 Å². The van der Waals surface area contributed by atoms with Crippen molar-refractivity contribution in [1.29, 1.82) is 0 Å². The predicted molar refractivity (Wildman–Crippen MR) is 74.5 cm³/mol. The van der Waals surface area contributed by atoms with Crippen LogP contribution in [0.2, 0.25) is 0 Å². The van der Waals surface area contributed by atoms with Crippen molar-refractivity contribution < 1.29 is 4.39 Å². The summed E-state index contributed by atoms with van der Waals surface area (Å²) >= 11 is 1.45. The second-order valence-electron chi connectivity index (χ2n) is 4.16. The van der Waals surface area contributed by atoms with Crippen LogP contribution in [0, 0.1) is 12.7 Å². The molecule has 2 rings (SSSR count). The molecule has 3 heteroatoms. The fourth-order valence-electron chi connectivity index (χ4n) is 1.82. The molecule has 0 radical (unpaired) electrons. The van der Waals surface area contributed by atoms with E-state index in [1.54, 1.807) is 12.1 Å². The molecular formula is C15H16FNS. The molecule has 0 spiro atoms. The number of halogens is 1. The Morgan fingerprint density at radius 2 is 1.94 bits per heavy atom. The number of hydrogen-bond donors (Lipinski definition) is 1. The van der Waals surface area contributed by atoms with Crippen LogP contribution in [0.5, 0.6) is 0 Å². The lowest BCUT2D eigenvalue weighted by Crippen LogP contribution is -2.03. The van der Waals surface area contributed by atoms with E-state index in [0.29, 0.717) is 11.4 Å². The maximum atomic E-state index is 13.5. The average molecular weight is 261 g/mol. The molecule has 0 heterocycles. The molecule has 0 aliphatic heterocycles. The van der Waals surface area contributed by atoms with E-state index in [-0.39, 0.29) is 5.82 Å². The molecule has 94 valence electrons. The van der Waals surface area contributed by atoms with Crippen molar-refractivity contribution in [1.82, 2.24) is 0 Å². The first-order valence-corrected chi connectivity index (χ1v) is 6.74. The fourth-order valence-corrected chi connectivity index (χ4v) is 2.76. The van der Waals surface area contributed by atoms with Crippen LogP contribution in [-0.4, -0.2) is 6.54 Å². The van der Waals surface area contributed by atoms with Gasteiger partial charge in [-0.3, -0.25) is 0 Å². The fraction of sp³-hybridized carbons (Fsp3) is 0.200. The molecule has 2 aromatic rings. The summed E-state index contributed by atoms with van der Waals surface area (Å²) in [5, 5.41) is 0. The van der Waals surface area contributed by atoms with Crippen LogP contribution in [0.25, 0.3) is 0 Å². The first-order valence-electron chi connectivity index (χ1n) is 5.92. The van der Waals surface area contributed by atoms with Crippen molar-refractivity contribution in [2.75, 3.05) is 6.54 Å². The molecule has 1 nitrogen and oxygen atoms in total. The zero-order valence-corrected chi connectivity index (χ0v) is 11.1. The van der Waals surface area contributed by atoms with Gasteiger partial charge in [0.05, 0.1) is 0 Å². The van der Waals surface area contributed by atoms with E-state index < -0.39 is 0 Å². The Hall–Kier alpha value is -1.32. The topological polar surface area (TPSA) is 26.0 Å². The highest BCUT2D eigenvalue weighted by Crippen LogP contribution is 2.30. The molecule has 0 fully saturated rings. The van der Waals surface area contributed by atoms with Gasteiger partial charge < -0.3 is 5.73 Å². The quantitative estimate of drug-likeness (QED) is 0.906. The van der Waals surface area contributed by atoms with Gasteiger partial charge >= 0.3 is 0 Å². The molecule has 0 aromatic heterocycles. The molecular weight excluding hydrogens is 245 g/mol. The zero-order valence-electron chi connectivity index (χ0n) is 10.3. The Balaban J connectivity index is 2.20. The molecule has 0 aliphatic carbocycles. The molecule has 0 saturated carbocycles. The van der Waals surface area contributed by atoms with Crippen LogP contribution < -0.4 is 5.73 Å². The Bertz CT molecular complexity index is 540. The van der Waals surface area contributed by atoms with Gasteiger partial charge in [0.2, 0.25) is 0 Å². The smallest absolute Gasteiger partial charge is 0.137 e. The summed E-state index contributed by atoms with van der Waals surface area (Å²) < 4.78 is 13.5. The molecule has 0 aliphatic rings. The number of hydrogen-bond acceptors (Lipinski definition) is 2. The number of rotatable bonds is 4. The normalized spacial score (nSPS) is 10.6. The van der Waals surface area contributed by atoms with Gasteiger partial charge in [-0.1, -0.05) is 30.0 Å². The zero-order chi connectivity index (χ0) is 13.0. The highest BCUT2D eigenvalue weighted by molar-refractivity contribution is 7.99. The molecule has 0 bridgehead atoms. The van der Waals surface area contributed by atoms with Gasteiger partial charge in [-0.15, -0.1) is 0 Å². The monoisotopic (exact) mass is 261 g/mol. The van der Waals surface area contributed by atoms with Crippen molar-refractivity contribution in [3.63, 3.8) is 0 Å². The van der Waals surface area contributed by atoms with E-state index in [0.717, 1.165) is 11.3 Å². The minimum atomic E-state index is -0.175. The molecule has 0 amide bonds. The minimum absolute atomic E-state index is 0.175. The van der Waals surface area contributed by atoms with Crippen molar-refractivity contribution in [2.45, 2.75) is 23.1 Å². The van der Waals surface area contributed by atoms with Crippen LogP contribution >= 0.6 is 11.8 Å². The van der Waals surface area contributed by atoms with Crippen LogP contribution in [-0.2, 0) is 6.42 Å². The first kappa shape index (κ1) is 13.1. The molecule has 2 N–H and O–H groups in total. The maximum absolute atomic E-state index is 13.5. The van der Waals surface area contributed by atoms with E-state index in [4.69, 9.17) is 5.73 Å². The standard InChI is InChI=1S/C15H16FNS/c1-11-10-13(7-6-12(11)8-9-17)18-15-5-3-2-4-14(15)16/h2-7,10H,8-9,17H2,1H3. The molecule has 0 saturated heterocycles. The molecule has 0 unspecified atom stereocenters. The summed E-state index contributed by atoms with van der Waals surface area (Å²) in [6, 6.07) is 13.0. The largest absolute Gasteiger partial charge is 0.330 e. The van der Waals surface area contributed by atoms with E-state index in [2.05, 4.69) is 19.1 Å². The average Bonchev–Trinajstić information content (AvgIpc) is 2.36. The third kappa shape index (κ3) is 3.12. The third-order valence-corrected chi connectivity index (χ3v) is 3.83. The van der Waals surface area contributed by atoms with Gasteiger partial charge in [-0.05, 0) is 55.3 Å². The van der Waals surface area contributed by atoms with Crippen LogP contribution in [0.1, 0.15) is 11.1 Å². The third-order valence-electron chi connectivity index (χ3n) is 2.79. The first-order chi connectivity index (χ1) is 8.70. The van der Waals surface area contributed by atoms with E-state index >= 15 is 0 Å². The van der Waals surface area contributed by atoms with Gasteiger partial charge in [0.15, 0.2) is 0 Å². The number of aryl methyl sites for hydroxylation is 1. The van der Waals surface area contributed by atoms with Crippen molar-refractivity contribution in [3.8, 4) is 0 Å². The highest BCUT2D eigenvalue weighted by Gasteiger charge is 2.05. The summed E-state index contributed by atoms with van der Waals surface area (Å²) in [7, 11) is 0. The summed E-state index contributed by atoms with van der Waals surface area (Å²) in [4.78, 5) is 1.71. The van der Waals surface area contributed by atoms with Crippen molar-refractivity contribution in [3.05, 3.63) is 59.4 Å². The van der Waals surface area contributed by atoms with Gasteiger partial charge in [-0.25, -0.2) is 4.39 Å². The lowest BCUT2D eigenvalue weighted by molar-refractivity contribution is 0.602. The lowest BCUT2D eigenvalue weighted by Gasteiger charge is -2.08. The SMILES string of the molecule is Cc1cc(Sc2ccccc2F)ccc1CCN. The predicted octanol–water partition coefficient (Wildman–Crippen LogP) is 3.79. The minimum Gasteiger partial charge on any atom is -0.330 e. The van der Waals surface area contributed by atoms with Crippen LogP contribution in [0.15, 0.2) is 52.3 Å². The van der Waals surface area contributed by atoms with Gasteiger partial charge in [-0.2, -0.15) is 0 Å². The van der Waals surface area contributed by atoms with Gasteiger partial charge in [0.25, 0.3) is 0 Å². The molecule has 18 heavy (non-hydrogen) atoms. The second-order valence-corrected chi connectivity index (χ2v) is 5.27. The molecule has 2 aromatic carbocycles. The summed E-state index contributed by atoms with van der Waals surface area (Å²) in [6.07, 6.45) is 0.885. The Morgan fingerprint density at radius 3 is 2.61 bits per heavy atom. The molecule has 0 atom stereocenters.